The molecule has 0 fully saturated rings. The molecule has 0 saturated carbocycles. The number of nitrogens with zero attached hydrogens (tertiary/aromatic N) is 2. The van der Waals surface area contributed by atoms with Gasteiger partial charge in [0.1, 0.15) is 11.6 Å². The number of aromatic nitrogens is 2. The van der Waals surface area contributed by atoms with E-state index in [-0.39, 0.29) is 15.9 Å². The lowest BCUT2D eigenvalue weighted by molar-refractivity contribution is 0.628. The third kappa shape index (κ3) is 2.48. The van der Waals surface area contributed by atoms with Crippen molar-refractivity contribution in [1.29, 1.82) is 0 Å². The molecule has 0 atom stereocenters. The minimum Gasteiger partial charge on any atom is -0.295 e. The number of rotatable bonds is 2. The zero-order valence-electron chi connectivity index (χ0n) is 10.4. The van der Waals surface area contributed by atoms with Crippen molar-refractivity contribution in [2.45, 2.75) is 5.88 Å². The first-order valence-electron chi connectivity index (χ1n) is 5.89. The molecule has 2 aromatic carbocycles. The molecule has 21 heavy (non-hydrogen) atoms. The van der Waals surface area contributed by atoms with Gasteiger partial charge in [-0.25, -0.2) is 13.8 Å². The van der Waals surface area contributed by atoms with E-state index in [4.69, 9.17) is 34.8 Å². The highest BCUT2D eigenvalue weighted by molar-refractivity contribution is 6.35. The summed E-state index contributed by atoms with van der Waals surface area (Å²) >= 11 is 17.5. The molecule has 1 aromatic heterocycles. The monoisotopic (exact) mass is 346 g/mol. The number of hydrogen-bond donors (Lipinski definition) is 0. The maximum atomic E-state index is 13.5. The van der Waals surface area contributed by atoms with Crippen molar-refractivity contribution in [3.63, 3.8) is 0 Å². The van der Waals surface area contributed by atoms with Crippen LogP contribution in [0.5, 0.6) is 0 Å². The molecule has 0 unspecified atom stereocenters. The SMILES string of the molecule is Fc1ccc2c(c1)nc(CCl)n2-c1cc(Cl)c(F)c(Cl)c1. The van der Waals surface area contributed by atoms with Crippen LogP contribution in [0.4, 0.5) is 8.78 Å². The normalized spacial score (nSPS) is 11.3. The van der Waals surface area contributed by atoms with E-state index < -0.39 is 11.6 Å². The predicted octanol–water partition coefficient (Wildman–Crippen LogP) is 5.35. The number of fused-ring (bicyclic) bond motifs is 1. The molecule has 0 spiro atoms. The van der Waals surface area contributed by atoms with Gasteiger partial charge in [0.25, 0.3) is 0 Å². The zero-order valence-corrected chi connectivity index (χ0v) is 12.6. The minimum atomic E-state index is -0.690. The Balaban J connectivity index is 2.33. The van der Waals surface area contributed by atoms with Gasteiger partial charge >= 0.3 is 0 Å². The number of imidazole rings is 1. The minimum absolute atomic E-state index is 0.100. The number of benzene rings is 2. The molecule has 0 N–H and O–H groups in total. The van der Waals surface area contributed by atoms with Crippen molar-refractivity contribution in [3.05, 3.63) is 57.8 Å². The maximum absolute atomic E-state index is 13.5. The van der Waals surface area contributed by atoms with Gasteiger partial charge in [0, 0.05) is 6.07 Å². The van der Waals surface area contributed by atoms with E-state index in [1.54, 1.807) is 10.6 Å². The summed E-state index contributed by atoms with van der Waals surface area (Å²) in [5.74, 6) is -0.507. The summed E-state index contributed by atoms with van der Waals surface area (Å²) in [4.78, 5) is 4.26. The van der Waals surface area contributed by atoms with Crippen molar-refractivity contribution >= 4 is 45.8 Å². The van der Waals surface area contributed by atoms with Crippen molar-refractivity contribution in [2.24, 2.45) is 0 Å². The molecule has 0 radical (unpaired) electrons. The smallest absolute Gasteiger partial charge is 0.160 e. The van der Waals surface area contributed by atoms with E-state index in [1.165, 1.54) is 24.3 Å². The van der Waals surface area contributed by atoms with Crippen molar-refractivity contribution < 1.29 is 8.78 Å². The van der Waals surface area contributed by atoms with Crippen LogP contribution in [0, 0.1) is 11.6 Å². The van der Waals surface area contributed by atoms with Crippen molar-refractivity contribution in [2.75, 3.05) is 0 Å². The standard InChI is InChI=1S/C14H7Cl3F2N2/c15-6-13-20-11-3-7(18)1-2-12(11)21(13)8-4-9(16)14(19)10(17)5-8/h1-5H,6H2. The zero-order chi connectivity index (χ0) is 15.1. The number of alkyl halides is 1. The van der Waals surface area contributed by atoms with Gasteiger partial charge in [-0.2, -0.15) is 0 Å². The molecule has 3 rings (SSSR count). The second-order valence-corrected chi connectivity index (χ2v) is 5.44. The van der Waals surface area contributed by atoms with Gasteiger partial charge in [-0.05, 0) is 24.3 Å². The fourth-order valence-corrected chi connectivity index (χ4v) is 2.81. The van der Waals surface area contributed by atoms with E-state index in [0.29, 0.717) is 22.5 Å². The number of halogens is 5. The summed E-state index contributed by atoms with van der Waals surface area (Å²) in [5, 5.41) is -0.219. The number of hydrogen-bond acceptors (Lipinski definition) is 1. The summed E-state index contributed by atoms with van der Waals surface area (Å²) in [6.45, 7) is 0. The molecular formula is C14H7Cl3F2N2. The first-order chi connectivity index (χ1) is 10.0. The Labute approximate surface area is 133 Å². The van der Waals surface area contributed by atoms with Gasteiger partial charge in [0.2, 0.25) is 0 Å². The topological polar surface area (TPSA) is 17.8 Å². The third-order valence-electron chi connectivity index (χ3n) is 3.03. The van der Waals surface area contributed by atoms with Crippen molar-refractivity contribution in [3.8, 4) is 5.69 Å². The van der Waals surface area contributed by atoms with Gasteiger partial charge < -0.3 is 0 Å². The highest BCUT2D eigenvalue weighted by Gasteiger charge is 2.15. The van der Waals surface area contributed by atoms with E-state index in [9.17, 15) is 8.78 Å². The van der Waals surface area contributed by atoms with Crippen LogP contribution in [0.3, 0.4) is 0 Å². The molecule has 1 heterocycles. The van der Waals surface area contributed by atoms with Gasteiger partial charge in [0.15, 0.2) is 5.82 Å². The summed E-state index contributed by atoms with van der Waals surface area (Å²) in [5.41, 5.74) is 1.59. The first-order valence-corrected chi connectivity index (χ1v) is 7.18. The molecule has 0 amide bonds. The average Bonchev–Trinajstić information content (AvgIpc) is 2.81. The average molecular weight is 348 g/mol. The lowest BCUT2D eigenvalue weighted by Gasteiger charge is -2.09. The van der Waals surface area contributed by atoms with Crippen LogP contribution in [0.1, 0.15) is 5.82 Å². The highest BCUT2D eigenvalue weighted by Crippen LogP contribution is 2.30. The second-order valence-electron chi connectivity index (χ2n) is 4.35. The highest BCUT2D eigenvalue weighted by atomic mass is 35.5. The molecule has 108 valence electrons. The van der Waals surface area contributed by atoms with E-state index >= 15 is 0 Å². The van der Waals surface area contributed by atoms with Crippen LogP contribution >= 0.6 is 34.8 Å². The first kappa shape index (κ1) is 14.6. The molecule has 3 aromatic rings. The lowest BCUT2D eigenvalue weighted by atomic mass is 10.2. The van der Waals surface area contributed by atoms with Crippen LogP contribution in [0.15, 0.2) is 30.3 Å². The Morgan fingerprint density at radius 1 is 1.05 bits per heavy atom. The Bertz CT molecular complexity index is 823. The largest absolute Gasteiger partial charge is 0.295 e. The molecule has 0 bridgehead atoms. The van der Waals surface area contributed by atoms with Crippen molar-refractivity contribution in [1.82, 2.24) is 9.55 Å². The maximum Gasteiger partial charge on any atom is 0.160 e. The lowest BCUT2D eigenvalue weighted by Crippen LogP contribution is -2.00. The molecule has 2 nitrogen and oxygen atoms in total. The van der Waals surface area contributed by atoms with Gasteiger partial charge in [-0.15, -0.1) is 11.6 Å². The molecule has 0 aliphatic rings. The van der Waals surface area contributed by atoms with Crippen LogP contribution in [0.2, 0.25) is 10.0 Å². The fourth-order valence-electron chi connectivity index (χ4n) is 2.15. The second kappa shape index (κ2) is 5.44. The van der Waals surface area contributed by atoms with Gasteiger partial charge in [0.05, 0.1) is 32.6 Å². The van der Waals surface area contributed by atoms with E-state index in [1.807, 2.05) is 0 Å². The van der Waals surface area contributed by atoms with Gasteiger partial charge in [-0.1, -0.05) is 23.2 Å². The third-order valence-corrected chi connectivity index (χ3v) is 3.82. The molecule has 0 aliphatic heterocycles. The summed E-state index contributed by atoms with van der Waals surface area (Å²) in [6, 6.07) is 7.02. The van der Waals surface area contributed by atoms with Crippen LogP contribution in [-0.2, 0) is 5.88 Å². The van der Waals surface area contributed by atoms with Crippen LogP contribution in [-0.4, -0.2) is 9.55 Å². The van der Waals surface area contributed by atoms with Crippen LogP contribution in [0.25, 0.3) is 16.7 Å². The van der Waals surface area contributed by atoms with Gasteiger partial charge in [-0.3, -0.25) is 4.57 Å². The fraction of sp³-hybridized carbons (Fsp3) is 0.0714. The quantitative estimate of drug-likeness (QED) is 0.451. The van der Waals surface area contributed by atoms with Crippen LogP contribution < -0.4 is 0 Å². The summed E-state index contributed by atoms with van der Waals surface area (Å²) in [7, 11) is 0. The molecular weight excluding hydrogens is 341 g/mol. The Morgan fingerprint density at radius 3 is 2.33 bits per heavy atom. The Morgan fingerprint density at radius 2 is 1.71 bits per heavy atom. The molecule has 7 heteroatoms. The Hall–Kier alpha value is -1.36. The van der Waals surface area contributed by atoms with E-state index in [0.717, 1.165) is 0 Å². The molecule has 0 aliphatic carbocycles. The van der Waals surface area contributed by atoms with E-state index in [2.05, 4.69) is 4.98 Å². The predicted molar refractivity (Wildman–Crippen MR) is 80.6 cm³/mol. The summed E-state index contributed by atoms with van der Waals surface area (Å²) < 4.78 is 28.5. The molecule has 0 saturated heterocycles. The Kier molecular flexibility index (Phi) is 3.78. The summed E-state index contributed by atoms with van der Waals surface area (Å²) in [6.07, 6.45) is 0.